The maximum atomic E-state index is 12.3. The van der Waals surface area contributed by atoms with Crippen LogP contribution < -0.4 is 4.74 Å². The lowest BCUT2D eigenvalue weighted by atomic mass is 10.0. The third kappa shape index (κ3) is 5.34. The molecule has 0 atom stereocenters. The van der Waals surface area contributed by atoms with E-state index in [1.807, 2.05) is 24.1 Å². The molecule has 1 fully saturated rings. The molecule has 0 spiro atoms. The maximum absolute atomic E-state index is 12.3. The average molecular weight is 332 g/mol. The van der Waals surface area contributed by atoms with Gasteiger partial charge >= 0.3 is 0 Å². The van der Waals surface area contributed by atoms with Crippen LogP contribution in [0.4, 0.5) is 0 Å². The molecule has 1 aromatic carbocycles. The van der Waals surface area contributed by atoms with E-state index in [1.165, 1.54) is 6.92 Å². The lowest BCUT2D eigenvalue weighted by molar-refractivity contribution is -0.133. The summed E-state index contributed by atoms with van der Waals surface area (Å²) in [5.74, 6) is 0.889. The van der Waals surface area contributed by atoms with E-state index in [0.717, 1.165) is 25.9 Å². The van der Waals surface area contributed by atoms with Crippen LogP contribution >= 0.6 is 0 Å². The summed E-state index contributed by atoms with van der Waals surface area (Å²) in [6, 6.07) is 7.52. The van der Waals surface area contributed by atoms with Gasteiger partial charge in [0, 0.05) is 25.1 Å². The molecule has 0 aromatic heterocycles. The Hall–Kier alpha value is -1.88. The van der Waals surface area contributed by atoms with Crippen molar-refractivity contribution in [3.63, 3.8) is 0 Å². The number of amides is 1. The van der Waals surface area contributed by atoms with Gasteiger partial charge in [-0.1, -0.05) is 12.1 Å². The number of carbonyl (C=O) groups excluding carboxylic acids is 2. The van der Waals surface area contributed by atoms with E-state index in [2.05, 4.69) is 11.9 Å². The van der Waals surface area contributed by atoms with Gasteiger partial charge in [-0.2, -0.15) is 0 Å². The Balaban J connectivity index is 1.70. The quantitative estimate of drug-likeness (QED) is 0.569. The van der Waals surface area contributed by atoms with Crippen LogP contribution in [0.15, 0.2) is 24.3 Å². The number of likely N-dealkylation sites (tertiary alicyclic amines) is 1. The molecule has 1 saturated heterocycles. The molecule has 1 amide bonds. The number of hydrogen-bond donors (Lipinski definition) is 0. The number of piperidine rings is 1. The molecule has 0 radical (unpaired) electrons. The molecule has 1 aromatic rings. The van der Waals surface area contributed by atoms with Gasteiger partial charge in [0.25, 0.3) is 0 Å². The second-order valence-corrected chi connectivity index (χ2v) is 6.58. The average Bonchev–Trinajstić information content (AvgIpc) is 2.59. The molecule has 5 heteroatoms. The van der Waals surface area contributed by atoms with Gasteiger partial charge in [-0.25, -0.2) is 0 Å². The summed E-state index contributed by atoms with van der Waals surface area (Å²) >= 11 is 0. The number of ether oxygens (including phenoxy) is 1. The molecule has 0 bridgehead atoms. The van der Waals surface area contributed by atoms with E-state index in [9.17, 15) is 9.59 Å². The van der Waals surface area contributed by atoms with E-state index in [0.29, 0.717) is 36.8 Å². The van der Waals surface area contributed by atoms with Gasteiger partial charge in [0.05, 0.1) is 6.61 Å². The molecule has 0 unspecified atom stereocenters. The largest absolute Gasteiger partial charge is 0.494 e. The van der Waals surface area contributed by atoms with E-state index >= 15 is 0 Å². The predicted octanol–water partition coefficient (Wildman–Crippen LogP) is 2.60. The van der Waals surface area contributed by atoms with Gasteiger partial charge in [0.15, 0.2) is 5.78 Å². The highest BCUT2D eigenvalue weighted by atomic mass is 16.5. The first-order chi connectivity index (χ1) is 11.5. The topological polar surface area (TPSA) is 49.9 Å². The summed E-state index contributed by atoms with van der Waals surface area (Å²) in [5.41, 5.74) is 0.644. The van der Waals surface area contributed by atoms with Crippen molar-refractivity contribution in [3.05, 3.63) is 29.8 Å². The zero-order valence-electron chi connectivity index (χ0n) is 15.0. The molecule has 5 nitrogen and oxygen atoms in total. The van der Waals surface area contributed by atoms with E-state index in [-0.39, 0.29) is 11.7 Å². The Bertz CT molecular complexity index is 565. The van der Waals surface area contributed by atoms with Crippen LogP contribution in [-0.2, 0) is 4.79 Å². The molecule has 1 aliphatic rings. The van der Waals surface area contributed by atoms with Crippen molar-refractivity contribution in [1.82, 2.24) is 9.80 Å². The molecule has 1 heterocycles. The zero-order valence-corrected chi connectivity index (χ0v) is 15.0. The Morgan fingerprint density at radius 3 is 2.67 bits per heavy atom. The zero-order chi connectivity index (χ0) is 17.5. The highest BCUT2D eigenvalue weighted by molar-refractivity contribution is 5.94. The van der Waals surface area contributed by atoms with Crippen molar-refractivity contribution in [2.24, 2.45) is 0 Å². The summed E-state index contributed by atoms with van der Waals surface area (Å²) in [4.78, 5) is 27.9. The van der Waals surface area contributed by atoms with Crippen LogP contribution in [0.1, 0.15) is 43.0 Å². The first-order valence-corrected chi connectivity index (χ1v) is 8.65. The molecule has 2 rings (SSSR count). The number of rotatable bonds is 7. The molecular weight excluding hydrogens is 304 g/mol. The Kier molecular flexibility index (Phi) is 6.79. The van der Waals surface area contributed by atoms with Gasteiger partial charge in [0.2, 0.25) is 5.91 Å². The minimum Gasteiger partial charge on any atom is -0.494 e. The number of benzene rings is 1. The van der Waals surface area contributed by atoms with Gasteiger partial charge in [-0.3, -0.25) is 9.59 Å². The monoisotopic (exact) mass is 332 g/mol. The SMILES string of the molecule is CC(=O)c1cccc(OCCCC(=O)N(C)C2CCN(C)CC2)c1. The summed E-state index contributed by atoms with van der Waals surface area (Å²) in [5, 5.41) is 0. The van der Waals surface area contributed by atoms with Gasteiger partial charge in [0.1, 0.15) is 5.75 Å². The molecule has 132 valence electrons. The fraction of sp³-hybridized carbons (Fsp3) is 0.579. The number of carbonyl (C=O) groups is 2. The third-order valence-electron chi connectivity index (χ3n) is 4.67. The van der Waals surface area contributed by atoms with Crippen molar-refractivity contribution < 1.29 is 14.3 Å². The second kappa shape index (κ2) is 8.83. The minimum atomic E-state index is 0.0235. The molecule has 0 saturated carbocycles. The fourth-order valence-corrected chi connectivity index (χ4v) is 2.98. The van der Waals surface area contributed by atoms with E-state index in [4.69, 9.17) is 4.74 Å². The summed E-state index contributed by atoms with van der Waals surface area (Å²) in [7, 11) is 4.03. The molecule has 0 N–H and O–H groups in total. The van der Waals surface area contributed by atoms with Crippen molar-refractivity contribution >= 4 is 11.7 Å². The summed E-state index contributed by atoms with van der Waals surface area (Å²) in [6.45, 7) is 4.13. The molecule has 24 heavy (non-hydrogen) atoms. The van der Waals surface area contributed by atoms with Gasteiger partial charge < -0.3 is 14.5 Å². The van der Waals surface area contributed by atoms with Gasteiger partial charge in [-0.15, -0.1) is 0 Å². The van der Waals surface area contributed by atoms with Crippen molar-refractivity contribution in [2.45, 2.75) is 38.6 Å². The minimum absolute atomic E-state index is 0.0235. The Morgan fingerprint density at radius 2 is 2.00 bits per heavy atom. The standard InChI is InChI=1S/C19H28N2O3/c1-15(22)16-6-4-7-18(14-16)24-13-5-8-19(23)21(3)17-9-11-20(2)12-10-17/h4,6-7,14,17H,5,8-13H2,1-3H3. The maximum Gasteiger partial charge on any atom is 0.222 e. The summed E-state index contributed by atoms with van der Waals surface area (Å²) < 4.78 is 5.66. The van der Waals surface area contributed by atoms with Crippen LogP contribution in [0.2, 0.25) is 0 Å². The molecule has 0 aliphatic carbocycles. The van der Waals surface area contributed by atoms with E-state index in [1.54, 1.807) is 12.1 Å². The molecular formula is C19H28N2O3. The highest BCUT2D eigenvalue weighted by Crippen LogP contribution is 2.16. The van der Waals surface area contributed by atoms with Crippen molar-refractivity contribution in [3.8, 4) is 5.75 Å². The number of ketones is 1. The number of hydrogen-bond acceptors (Lipinski definition) is 4. The lowest BCUT2D eigenvalue weighted by Crippen LogP contribution is -2.44. The van der Waals surface area contributed by atoms with Crippen LogP contribution in [-0.4, -0.2) is 61.3 Å². The third-order valence-corrected chi connectivity index (χ3v) is 4.67. The van der Waals surface area contributed by atoms with Crippen LogP contribution in [0.25, 0.3) is 0 Å². The first-order valence-electron chi connectivity index (χ1n) is 8.65. The fourth-order valence-electron chi connectivity index (χ4n) is 2.98. The van der Waals surface area contributed by atoms with E-state index < -0.39 is 0 Å². The van der Waals surface area contributed by atoms with Crippen LogP contribution in [0, 0.1) is 0 Å². The Labute approximate surface area is 144 Å². The Morgan fingerprint density at radius 1 is 1.29 bits per heavy atom. The number of nitrogens with zero attached hydrogens (tertiary/aromatic N) is 2. The molecule has 1 aliphatic heterocycles. The van der Waals surface area contributed by atoms with Crippen LogP contribution in [0.5, 0.6) is 5.75 Å². The number of Topliss-reactive ketones (excluding diaryl/α,β-unsaturated/α-hetero) is 1. The smallest absolute Gasteiger partial charge is 0.222 e. The normalized spacial score (nSPS) is 16.0. The summed E-state index contributed by atoms with van der Waals surface area (Å²) in [6.07, 6.45) is 3.27. The van der Waals surface area contributed by atoms with Crippen molar-refractivity contribution in [2.75, 3.05) is 33.8 Å². The highest BCUT2D eigenvalue weighted by Gasteiger charge is 2.23. The van der Waals surface area contributed by atoms with Crippen LogP contribution in [0.3, 0.4) is 0 Å². The van der Waals surface area contributed by atoms with Crippen molar-refractivity contribution in [1.29, 1.82) is 0 Å². The lowest BCUT2D eigenvalue weighted by Gasteiger charge is -2.35. The second-order valence-electron chi connectivity index (χ2n) is 6.58. The predicted molar refractivity (Wildman–Crippen MR) is 94.5 cm³/mol. The first kappa shape index (κ1) is 18.5. The van der Waals surface area contributed by atoms with Gasteiger partial charge in [-0.05, 0) is 58.5 Å².